The Labute approximate surface area is 157 Å². The maximum absolute atomic E-state index is 12.3. The van der Waals surface area contributed by atoms with Gasteiger partial charge < -0.3 is 19.1 Å². The maximum Gasteiger partial charge on any atom is 0.260 e. The van der Waals surface area contributed by atoms with Crippen LogP contribution < -0.4 is 14.2 Å². The van der Waals surface area contributed by atoms with Crippen molar-refractivity contribution in [3.63, 3.8) is 0 Å². The molecule has 1 amide bonds. The first kappa shape index (κ1) is 17.1. The molecule has 27 heavy (non-hydrogen) atoms. The SMILES string of the molecule is COc1ccccc1OCC(=O)N1CC(Oc2ccc3ccccc3n2)C1. The van der Waals surface area contributed by atoms with Gasteiger partial charge in [-0.3, -0.25) is 4.79 Å². The highest BCUT2D eigenvalue weighted by atomic mass is 16.5. The minimum Gasteiger partial charge on any atom is -0.493 e. The quantitative estimate of drug-likeness (QED) is 0.673. The standard InChI is InChI=1S/C21H20N2O4/c1-25-18-8-4-5-9-19(18)26-14-21(24)23-12-16(13-23)27-20-11-10-15-6-2-3-7-17(15)22-20/h2-11,16H,12-14H2,1H3. The molecule has 0 atom stereocenters. The van der Waals surface area contributed by atoms with Crippen LogP contribution in [0, 0.1) is 0 Å². The Morgan fingerprint density at radius 3 is 2.59 bits per heavy atom. The summed E-state index contributed by atoms with van der Waals surface area (Å²) in [7, 11) is 1.57. The first-order chi connectivity index (χ1) is 13.2. The second kappa shape index (κ2) is 7.53. The zero-order valence-corrected chi connectivity index (χ0v) is 15.0. The molecule has 6 nitrogen and oxygen atoms in total. The number of para-hydroxylation sites is 3. The number of hydrogen-bond acceptors (Lipinski definition) is 5. The molecular formula is C21H20N2O4. The number of benzene rings is 2. The minimum absolute atomic E-state index is 0.0265. The highest BCUT2D eigenvalue weighted by molar-refractivity contribution is 5.79. The number of nitrogens with zero attached hydrogens (tertiary/aromatic N) is 2. The second-order valence-electron chi connectivity index (χ2n) is 6.32. The lowest BCUT2D eigenvalue weighted by molar-refractivity contribution is -0.142. The topological polar surface area (TPSA) is 60.9 Å². The largest absolute Gasteiger partial charge is 0.493 e. The van der Waals surface area contributed by atoms with Crippen LogP contribution >= 0.6 is 0 Å². The fourth-order valence-electron chi connectivity index (χ4n) is 2.97. The minimum atomic E-state index is -0.0766. The summed E-state index contributed by atoms with van der Waals surface area (Å²) in [5.74, 6) is 1.67. The van der Waals surface area contributed by atoms with Crippen LogP contribution in [0.5, 0.6) is 17.4 Å². The fraction of sp³-hybridized carbons (Fsp3) is 0.238. The lowest BCUT2D eigenvalue weighted by atomic mass is 10.1. The Hall–Kier alpha value is -3.28. The van der Waals surface area contributed by atoms with Crippen LogP contribution in [0.4, 0.5) is 0 Å². The summed E-state index contributed by atoms with van der Waals surface area (Å²) in [6, 6.07) is 19.0. The molecule has 1 saturated heterocycles. The van der Waals surface area contributed by atoms with Gasteiger partial charge in [0.05, 0.1) is 25.7 Å². The Kier molecular flexibility index (Phi) is 4.78. The highest BCUT2D eigenvalue weighted by Gasteiger charge is 2.32. The molecule has 2 aromatic carbocycles. The lowest BCUT2D eigenvalue weighted by Gasteiger charge is -2.38. The summed E-state index contributed by atoms with van der Waals surface area (Å²) in [4.78, 5) is 18.5. The van der Waals surface area contributed by atoms with Crippen molar-refractivity contribution in [2.24, 2.45) is 0 Å². The summed E-state index contributed by atoms with van der Waals surface area (Å²) in [5.41, 5.74) is 0.896. The molecule has 1 aliphatic rings. The van der Waals surface area contributed by atoms with Gasteiger partial charge in [0.2, 0.25) is 5.88 Å². The number of amides is 1. The molecule has 1 fully saturated rings. The third-order valence-electron chi connectivity index (χ3n) is 4.48. The van der Waals surface area contributed by atoms with Crippen LogP contribution in [0.1, 0.15) is 0 Å². The molecule has 0 unspecified atom stereocenters. The lowest BCUT2D eigenvalue weighted by Crippen LogP contribution is -2.57. The van der Waals surface area contributed by atoms with Crippen molar-refractivity contribution in [1.29, 1.82) is 0 Å². The number of carbonyl (C=O) groups is 1. The van der Waals surface area contributed by atoms with Gasteiger partial charge >= 0.3 is 0 Å². The van der Waals surface area contributed by atoms with Crippen molar-refractivity contribution in [1.82, 2.24) is 9.88 Å². The molecule has 4 rings (SSSR count). The van der Waals surface area contributed by atoms with Gasteiger partial charge in [0, 0.05) is 11.5 Å². The highest BCUT2D eigenvalue weighted by Crippen LogP contribution is 2.26. The average molecular weight is 364 g/mol. The van der Waals surface area contributed by atoms with Crippen molar-refractivity contribution in [3.05, 3.63) is 60.7 Å². The molecule has 0 radical (unpaired) electrons. The number of fused-ring (bicyclic) bond motifs is 1. The number of ether oxygens (including phenoxy) is 3. The number of likely N-dealkylation sites (tertiary alicyclic amines) is 1. The number of hydrogen-bond donors (Lipinski definition) is 0. The van der Waals surface area contributed by atoms with E-state index in [0.29, 0.717) is 30.5 Å². The van der Waals surface area contributed by atoms with Crippen LogP contribution in [0.3, 0.4) is 0 Å². The van der Waals surface area contributed by atoms with E-state index in [9.17, 15) is 4.79 Å². The van der Waals surface area contributed by atoms with Gasteiger partial charge in [0.25, 0.3) is 5.91 Å². The third kappa shape index (κ3) is 3.79. The van der Waals surface area contributed by atoms with Crippen molar-refractivity contribution >= 4 is 16.8 Å². The zero-order chi connectivity index (χ0) is 18.6. The monoisotopic (exact) mass is 364 g/mol. The predicted octanol–water partition coefficient (Wildman–Crippen LogP) is 2.91. The van der Waals surface area contributed by atoms with Crippen LogP contribution in [-0.4, -0.2) is 48.7 Å². The summed E-state index contributed by atoms with van der Waals surface area (Å²) >= 11 is 0. The molecule has 0 aliphatic carbocycles. The molecule has 0 N–H and O–H groups in total. The number of pyridine rings is 1. The van der Waals surface area contributed by atoms with Crippen molar-refractivity contribution < 1.29 is 19.0 Å². The van der Waals surface area contributed by atoms with Crippen LogP contribution in [0.2, 0.25) is 0 Å². The Morgan fingerprint density at radius 1 is 1.04 bits per heavy atom. The van der Waals surface area contributed by atoms with E-state index in [1.54, 1.807) is 24.1 Å². The first-order valence-corrected chi connectivity index (χ1v) is 8.79. The maximum atomic E-state index is 12.3. The van der Waals surface area contributed by atoms with Crippen LogP contribution in [-0.2, 0) is 4.79 Å². The van der Waals surface area contributed by atoms with Gasteiger partial charge in [-0.05, 0) is 24.3 Å². The molecule has 0 saturated carbocycles. The molecule has 138 valence electrons. The van der Waals surface area contributed by atoms with Crippen LogP contribution in [0.15, 0.2) is 60.7 Å². The Balaban J connectivity index is 1.27. The zero-order valence-electron chi connectivity index (χ0n) is 15.0. The molecule has 2 heterocycles. The summed E-state index contributed by atoms with van der Waals surface area (Å²) in [6.07, 6.45) is -0.0473. The molecule has 0 spiro atoms. The van der Waals surface area contributed by atoms with E-state index in [0.717, 1.165) is 10.9 Å². The van der Waals surface area contributed by atoms with E-state index in [4.69, 9.17) is 14.2 Å². The molecule has 0 bridgehead atoms. The first-order valence-electron chi connectivity index (χ1n) is 8.79. The molecular weight excluding hydrogens is 344 g/mol. The van der Waals surface area contributed by atoms with E-state index < -0.39 is 0 Å². The Bertz CT molecular complexity index is 954. The smallest absolute Gasteiger partial charge is 0.260 e. The van der Waals surface area contributed by atoms with Gasteiger partial charge in [-0.2, -0.15) is 0 Å². The second-order valence-corrected chi connectivity index (χ2v) is 6.32. The number of methoxy groups -OCH3 is 1. The van der Waals surface area contributed by atoms with E-state index in [1.807, 2.05) is 48.5 Å². The van der Waals surface area contributed by atoms with E-state index in [-0.39, 0.29) is 18.6 Å². The van der Waals surface area contributed by atoms with E-state index >= 15 is 0 Å². The van der Waals surface area contributed by atoms with Gasteiger partial charge in [-0.1, -0.05) is 30.3 Å². The molecule has 6 heteroatoms. The predicted molar refractivity (Wildman–Crippen MR) is 101 cm³/mol. The summed E-state index contributed by atoms with van der Waals surface area (Å²) < 4.78 is 16.7. The van der Waals surface area contributed by atoms with Gasteiger partial charge in [0.1, 0.15) is 6.10 Å². The molecule has 1 aliphatic heterocycles. The number of aromatic nitrogens is 1. The van der Waals surface area contributed by atoms with Gasteiger partial charge in [-0.25, -0.2) is 4.98 Å². The summed E-state index contributed by atoms with van der Waals surface area (Å²) in [6.45, 7) is 1.03. The summed E-state index contributed by atoms with van der Waals surface area (Å²) in [5, 5.41) is 1.07. The number of rotatable bonds is 6. The van der Waals surface area contributed by atoms with Crippen molar-refractivity contribution in [2.75, 3.05) is 26.8 Å². The van der Waals surface area contributed by atoms with Crippen molar-refractivity contribution in [3.8, 4) is 17.4 Å². The van der Waals surface area contributed by atoms with Gasteiger partial charge in [-0.15, -0.1) is 0 Å². The third-order valence-corrected chi connectivity index (χ3v) is 4.48. The molecule has 1 aromatic heterocycles. The van der Waals surface area contributed by atoms with Crippen LogP contribution in [0.25, 0.3) is 10.9 Å². The normalized spacial score (nSPS) is 13.9. The average Bonchev–Trinajstić information content (AvgIpc) is 2.68. The van der Waals surface area contributed by atoms with E-state index in [2.05, 4.69) is 4.98 Å². The Morgan fingerprint density at radius 2 is 1.78 bits per heavy atom. The fourth-order valence-corrected chi connectivity index (χ4v) is 2.97. The number of carbonyl (C=O) groups excluding carboxylic acids is 1. The van der Waals surface area contributed by atoms with E-state index in [1.165, 1.54) is 0 Å². The molecule has 3 aromatic rings. The van der Waals surface area contributed by atoms with Crippen molar-refractivity contribution in [2.45, 2.75) is 6.10 Å². The van der Waals surface area contributed by atoms with Gasteiger partial charge in [0.15, 0.2) is 18.1 Å².